The van der Waals surface area contributed by atoms with Crippen LogP contribution in [-0.2, 0) is 4.79 Å². The molecular weight excluding hydrogens is 256 g/mol. The molecule has 5 heteroatoms. The zero-order valence-electron chi connectivity index (χ0n) is 11.8. The number of nitrogens with zero attached hydrogens (tertiary/aromatic N) is 1. The van der Waals surface area contributed by atoms with E-state index in [2.05, 4.69) is 11.4 Å². The van der Waals surface area contributed by atoms with Crippen molar-refractivity contribution in [2.75, 3.05) is 20.8 Å². The van der Waals surface area contributed by atoms with Crippen molar-refractivity contribution in [2.24, 2.45) is 5.92 Å². The molecular formula is C15H18N2O3. The Morgan fingerprint density at radius 3 is 2.45 bits per heavy atom. The van der Waals surface area contributed by atoms with Crippen LogP contribution in [0.5, 0.6) is 11.5 Å². The summed E-state index contributed by atoms with van der Waals surface area (Å²) in [6.45, 7) is 2.08. The first-order valence-corrected chi connectivity index (χ1v) is 6.17. The van der Waals surface area contributed by atoms with Crippen LogP contribution in [0, 0.1) is 17.2 Å². The number of nitriles is 1. The van der Waals surface area contributed by atoms with E-state index in [-0.39, 0.29) is 11.8 Å². The van der Waals surface area contributed by atoms with E-state index < -0.39 is 0 Å². The average molecular weight is 274 g/mol. The third kappa shape index (κ3) is 5.02. The average Bonchev–Trinajstić information content (AvgIpc) is 2.49. The Morgan fingerprint density at radius 1 is 1.35 bits per heavy atom. The molecule has 0 bridgehead atoms. The molecule has 0 aliphatic carbocycles. The molecule has 0 aliphatic heterocycles. The largest absolute Gasteiger partial charge is 0.497 e. The number of carbonyl (C=O) groups excluding carboxylic acids is 1. The number of carbonyl (C=O) groups is 1. The summed E-state index contributed by atoms with van der Waals surface area (Å²) in [6.07, 6.45) is 3.08. The van der Waals surface area contributed by atoms with Gasteiger partial charge < -0.3 is 14.8 Å². The molecule has 1 aromatic carbocycles. The van der Waals surface area contributed by atoms with Crippen molar-refractivity contribution in [1.82, 2.24) is 5.32 Å². The van der Waals surface area contributed by atoms with Crippen LogP contribution in [0.1, 0.15) is 12.5 Å². The Labute approximate surface area is 118 Å². The molecule has 0 aromatic heterocycles. The zero-order valence-corrected chi connectivity index (χ0v) is 11.8. The van der Waals surface area contributed by atoms with Gasteiger partial charge in [0.25, 0.3) is 0 Å². The van der Waals surface area contributed by atoms with Gasteiger partial charge in [-0.15, -0.1) is 0 Å². The summed E-state index contributed by atoms with van der Waals surface area (Å²) < 4.78 is 10.3. The summed E-state index contributed by atoms with van der Waals surface area (Å²) >= 11 is 0. The van der Waals surface area contributed by atoms with Crippen LogP contribution >= 0.6 is 0 Å². The molecule has 1 N–H and O–H groups in total. The van der Waals surface area contributed by atoms with E-state index in [1.165, 1.54) is 6.08 Å². The first-order valence-electron chi connectivity index (χ1n) is 6.17. The summed E-state index contributed by atoms with van der Waals surface area (Å²) in [5.74, 6) is 0.864. The molecule has 0 saturated heterocycles. The summed E-state index contributed by atoms with van der Waals surface area (Å²) in [7, 11) is 3.14. The van der Waals surface area contributed by atoms with Gasteiger partial charge in [0, 0.05) is 18.7 Å². The first-order chi connectivity index (χ1) is 9.58. The second-order valence-corrected chi connectivity index (χ2v) is 4.25. The number of methoxy groups -OCH3 is 2. The fourth-order valence-corrected chi connectivity index (χ4v) is 1.46. The van der Waals surface area contributed by atoms with Gasteiger partial charge in [-0.2, -0.15) is 5.26 Å². The molecule has 0 radical (unpaired) electrons. The maximum Gasteiger partial charge on any atom is 0.244 e. The Hall–Kier alpha value is -2.48. The number of nitrogens with one attached hydrogen (secondary N) is 1. The molecule has 106 valence electrons. The van der Waals surface area contributed by atoms with E-state index in [9.17, 15) is 4.79 Å². The van der Waals surface area contributed by atoms with Gasteiger partial charge in [-0.25, -0.2) is 0 Å². The highest BCUT2D eigenvalue weighted by Crippen LogP contribution is 2.23. The van der Waals surface area contributed by atoms with Gasteiger partial charge in [0.05, 0.1) is 26.2 Å². The standard InChI is InChI=1S/C15H18N2O3/c1-11(9-16)10-17-15(18)5-4-12-6-13(19-2)8-14(7-12)20-3/h4-8,11H,10H2,1-3H3,(H,17,18)/b5-4+. The first kappa shape index (κ1) is 15.6. The van der Waals surface area contributed by atoms with E-state index in [4.69, 9.17) is 14.7 Å². The maximum atomic E-state index is 11.6. The van der Waals surface area contributed by atoms with Crippen LogP contribution < -0.4 is 14.8 Å². The number of rotatable bonds is 6. The highest BCUT2D eigenvalue weighted by molar-refractivity contribution is 5.91. The summed E-state index contributed by atoms with van der Waals surface area (Å²) in [4.78, 5) is 11.6. The third-order valence-corrected chi connectivity index (χ3v) is 2.60. The molecule has 1 atom stereocenters. The lowest BCUT2D eigenvalue weighted by Crippen LogP contribution is -2.25. The van der Waals surface area contributed by atoms with E-state index in [1.54, 1.807) is 45.4 Å². The Balaban J connectivity index is 2.70. The quantitative estimate of drug-likeness (QED) is 0.805. The van der Waals surface area contributed by atoms with E-state index >= 15 is 0 Å². The van der Waals surface area contributed by atoms with Crippen LogP contribution in [0.15, 0.2) is 24.3 Å². The van der Waals surface area contributed by atoms with Crippen molar-refractivity contribution in [3.8, 4) is 17.6 Å². The van der Waals surface area contributed by atoms with Crippen LogP contribution in [0.3, 0.4) is 0 Å². The highest BCUT2D eigenvalue weighted by atomic mass is 16.5. The fraction of sp³-hybridized carbons (Fsp3) is 0.333. The van der Waals surface area contributed by atoms with Gasteiger partial charge in [-0.3, -0.25) is 4.79 Å². The number of ether oxygens (including phenoxy) is 2. The Kier molecular flexibility index (Phi) is 6.11. The molecule has 5 nitrogen and oxygen atoms in total. The normalized spacial score (nSPS) is 11.7. The van der Waals surface area contributed by atoms with Crippen LogP contribution in [0.25, 0.3) is 6.08 Å². The zero-order chi connectivity index (χ0) is 15.0. The number of amides is 1. The summed E-state index contributed by atoms with van der Waals surface area (Å²) in [6, 6.07) is 7.40. The molecule has 0 heterocycles. The van der Waals surface area contributed by atoms with E-state index in [0.717, 1.165) is 5.56 Å². The summed E-state index contributed by atoms with van der Waals surface area (Å²) in [5, 5.41) is 11.3. The second kappa shape index (κ2) is 7.85. The van der Waals surface area contributed by atoms with Crippen molar-refractivity contribution in [2.45, 2.75) is 6.92 Å². The number of hydrogen-bond donors (Lipinski definition) is 1. The number of benzene rings is 1. The Morgan fingerprint density at radius 2 is 1.95 bits per heavy atom. The van der Waals surface area contributed by atoms with Gasteiger partial charge >= 0.3 is 0 Å². The van der Waals surface area contributed by atoms with Crippen molar-refractivity contribution < 1.29 is 14.3 Å². The van der Waals surface area contributed by atoms with Gasteiger partial charge in [0.2, 0.25) is 5.91 Å². The molecule has 1 amide bonds. The predicted molar refractivity (Wildman–Crippen MR) is 76.4 cm³/mol. The number of hydrogen-bond acceptors (Lipinski definition) is 4. The van der Waals surface area contributed by atoms with Gasteiger partial charge in [-0.05, 0) is 30.7 Å². The second-order valence-electron chi connectivity index (χ2n) is 4.25. The summed E-state index contributed by atoms with van der Waals surface area (Å²) in [5.41, 5.74) is 0.796. The van der Waals surface area contributed by atoms with E-state index in [1.807, 2.05) is 0 Å². The molecule has 0 spiro atoms. The van der Waals surface area contributed by atoms with Gasteiger partial charge in [0.1, 0.15) is 11.5 Å². The molecule has 1 rings (SSSR count). The van der Waals surface area contributed by atoms with Crippen LogP contribution in [0.4, 0.5) is 0 Å². The predicted octanol–water partition coefficient (Wildman–Crippen LogP) is 1.99. The molecule has 0 fully saturated rings. The topological polar surface area (TPSA) is 71.3 Å². The van der Waals surface area contributed by atoms with Crippen LogP contribution in [-0.4, -0.2) is 26.7 Å². The van der Waals surface area contributed by atoms with Crippen molar-refractivity contribution in [3.05, 3.63) is 29.8 Å². The lowest BCUT2D eigenvalue weighted by atomic mass is 10.2. The molecule has 1 unspecified atom stereocenters. The van der Waals surface area contributed by atoms with Gasteiger partial charge in [-0.1, -0.05) is 0 Å². The third-order valence-electron chi connectivity index (χ3n) is 2.60. The smallest absolute Gasteiger partial charge is 0.244 e. The maximum absolute atomic E-state index is 11.6. The van der Waals surface area contributed by atoms with Crippen molar-refractivity contribution >= 4 is 12.0 Å². The lowest BCUT2D eigenvalue weighted by molar-refractivity contribution is -0.116. The molecule has 0 aliphatic rings. The molecule has 20 heavy (non-hydrogen) atoms. The van der Waals surface area contributed by atoms with E-state index in [0.29, 0.717) is 18.0 Å². The highest BCUT2D eigenvalue weighted by Gasteiger charge is 2.02. The lowest BCUT2D eigenvalue weighted by Gasteiger charge is -2.06. The van der Waals surface area contributed by atoms with Crippen molar-refractivity contribution in [1.29, 1.82) is 5.26 Å². The monoisotopic (exact) mass is 274 g/mol. The minimum atomic E-state index is -0.242. The Bertz CT molecular complexity index is 510. The van der Waals surface area contributed by atoms with Crippen LogP contribution in [0.2, 0.25) is 0 Å². The SMILES string of the molecule is COc1cc(/C=C/C(=O)NCC(C)C#N)cc(OC)c1. The van der Waals surface area contributed by atoms with Gasteiger partial charge in [0.15, 0.2) is 0 Å². The minimum Gasteiger partial charge on any atom is -0.497 e. The molecule has 1 aromatic rings. The fourth-order valence-electron chi connectivity index (χ4n) is 1.46. The van der Waals surface area contributed by atoms with Crippen molar-refractivity contribution in [3.63, 3.8) is 0 Å². The molecule has 0 saturated carbocycles. The minimum absolute atomic E-state index is 0.204.